The first-order valence-corrected chi connectivity index (χ1v) is 9.12. The third-order valence-corrected chi connectivity index (χ3v) is 5.11. The Balaban J connectivity index is 1.80. The molecule has 2 aliphatic rings. The van der Waals surface area contributed by atoms with E-state index in [1.165, 1.54) is 19.2 Å². The Morgan fingerprint density at radius 2 is 1.63 bits per heavy atom. The highest BCUT2D eigenvalue weighted by atomic mass is 16.5. The average Bonchev–Trinajstić information content (AvgIpc) is 3.30. The van der Waals surface area contributed by atoms with Crippen molar-refractivity contribution in [3.05, 3.63) is 48.5 Å². The lowest BCUT2D eigenvalue weighted by Crippen LogP contribution is -2.39. The van der Waals surface area contributed by atoms with E-state index in [4.69, 9.17) is 14.2 Å². The highest BCUT2D eigenvalue weighted by molar-refractivity contribution is 6.47. The molecule has 0 aliphatic carbocycles. The minimum Gasteiger partial charge on any atom is -0.497 e. The van der Waals surface area contributed by atoms with Crippen molar-refractivity contribution in [2.75, 3.05) is 31.2 Å². The van der Waals surface area contributed by atoms with Gasteiger partial charge in [-0.05, 0) is 36.4 Å². The van der Waals surface area contributed by atoms with Gasteiger partial charge in [0, 0.05) is 0 Å². The smallest absolute Gasteiger partial charge is 0.355 e. The van der Waals surface area contributed by atoms with Crippen LogP contribution in [0.15, 0.2) is 53.6 Å². The third-order valence-electron chi connectivity index (χ3n) is 5.11. The summed E-state index contributed by atoms with van der Waals surface area (Å²) in [7, 11) is 4.20. The van der Waals surface area contributed by atoms with Gasteiger partial charge in [0.1, 0.15) is 23.5 Å². The number of carbonyl (C=O) groups is 3. The molecule has 0 bridgehead atoms. The number of methoxy groups -OCH3 is 3. The van der Waals surface area contributed by atoms with E-state index in [1.807, 2.05) is 0 Å². The fourth-order valence-corrected chi connectivity index (χ4v) is 3.69. The van der Waals surface area contributed by atoms with Crippen molar-refractivity contribution in [2.45, 2.75) is 6.04 Å². The van der Waals surface area contributed by atoms with Crippen molar-refractivity contribution in [1.29, 1.82) is 0 Å². The van der Waals surface area contributed by atoms with E-state index >= 15 is 0 Å². The number of hydrazone groups is 1. The summed E-state index contributed by atoms with van der Waals surface area (Å²) >= 11 is 0. The number of fused-ring (bicyclic) bond motifs is 1. The van der Waals surface area contributed by atoms with Crippen molar-refractivity contribution >= 4 is 34.9 Å². The second kappa shape index (κ2) is 7.51. The van der Waals surface area contributed by atoms with Crippen LogP contribution in [-0.4, -0.2) is 50.9 Å². The van der Waals surface area contributed by atoms with Gasteiger partial charge in [-0.25, -0.2) is 9.69 Å². The molecule has 30 heavy (non-hydrogen) atoms. The van der Waals surface area contributed by atoms with Crippen LogP contribution in [0.25, 0.3) is 0 Å². The highest BCUT2D eigenvalue weighted by Gasteiger charge is 2.59. The minimum atomic E-state index is -1.09. The van der Waals surface area contributed by atoms with Gasteiger partial charge in [-0.3, -0.25) is 14.6 Å². The molecule has 0 saturated carbocycles. The van der Waals surface area contributed by atoms with Crippen LogP contribution in [0, 0.1) is 5.92 Å². The fraction of sp³-hybridized carbons (Fsp3) is 0.238. The predicted octanol–water partition coefficient (Wildman–Crippen LogP) is 1.61. The number of hydrogen-bond donors (Lipinski definition) is 0. The number of ether oxygens (including phenoxy) is 3. The number of carbonyl (C=O) groups excluding carboxylic acids is 3. The van der Waals surface area contributed by atoms with Gasteiger partial charge in [0.05, 0.1) is 32.7 Å². The lowest BCUT2D eigenvalue weighted by atomic mass is 9.98. The van der Waals surface area contributed by atoms with E-state index in [-0.39, 0.29) is 5.71 Å². The molecular weight excluding hydrogens is 390 g/mol. The third kappa shape index (κ3) is 2.86. The second-order valence-electron chi connectivity index (χ2n) is 6.63. The van der Waals surface area contributed by atoms with Gasteiger partial charge in [-0.1, -0.05) is 12.1 Å². The lowest BCUT2D eigenvalue weighted by molar-refractivity contribution is -0.133. The maximum Gasteiger partial charge on any atom is 0.355 e. The normalized spacial score (nSPS) is 20.2. The van der Waals surface area contributed by atoms with Gasteiger partial charge in [-0.15, -0.1) is 0 Å². The first-order valence-electron chi connectivity index (χ1n) is 9.12. The molecular formula is C21H19N3O6. The van der Waals surface area contributed by atoms with Gasteiger partial charge >= 0.3 is 5.97 Å². The van der Waals surface area contributed by atoms with Crippen LogP contribution in [0.1, 0.15) is 0 Å². The molecule has 9 nitrogen and oxygen atoms in total. The van der Waals surface area contributed by atoms with E-state index in [2.05, 4.69) is 5.10 Å². The summed E-state index contributed by atoms with van der Waals surface area (Å²) in [5.74, 6) is -1.92. The SMILES string of the molecule is COC(=O)C1=NN(c2ccc(OC)cc2)[C@H]2C(=O)N(c3ccccc3OC)C(=O)[C@H]12. The van der Waals surface area contributed by atoms with Crippen molar-refractivity contribution in [3.8, 4) is 11.5 Å². The molecule has 2 amide bonds. The van der Waals surface area contributed by atoms with E-state index in [9.17, 15) is 14.4 Å². The number of imide groups is 1. The summed E-state index contributed by atoms with van der Waals surface area (Å²) in [5.41, 5.74) is 0.727. The summed E-state index contributed by atoms with van der Waals surface area (Å²) in [6, 6.07) is 12.5. The summed E-state index contributed by atoms with van der Waals surface area (Å²) < 4.78 is 15.3. The topological polar surface area (TPSA) is 97.7 Å². The molecule has 0 N–H and O–H groups in total. The first-order chi connectivity index (χ1) is 14.5. The number of anilines is 2. The molecule has 2 aromatic carbocycles. The minimum absolute atomic E-state index is 0.117. The fourth-order valence-electron chi connectivity index (χ4n) is 3.69. The van der Waals surface area contributed by atoms with E-state index in [0.29, 0.717) is 22.9 Å². The van der Waals surface area contributed by atoms with Crippen molar-refractivity contribution < 1.29 is 28.6 Å². The van der Waals surface area contributed by atoms with Crippen LogP contribution < -0.4 is 19.4 Å². The Labute approximate surface area is 172 Å². The molecule has 2 atom stereocenters. The highest BCUT2D eigenvalue weighted by Crippen LogP contribution is 2.40. The van der Waals surface area contributed by atoms with Crippen LogP contribution in [0.2, 0.25) is 0 Å². The maximum atomic E-state index is 13.4. The molecule has 0 spiro atoms. The largest absolute Gasteiger partial charge is 0.497 e. The Morgan fingerprint density at radius 3 is 2.27 bits per heavy atom. The summed E-state index contributed by atoms with van der Waals surface area (Å²) in [5, 5.41) is 5.66. The summed E-state index contributed by atoms with van der Waals surface area (Å²) in [6.45, 7) is 0. The van der Waals surface area contributed by atoms with Crippen LogP contribution in [-0.2, 0) is 19.1 Å². The van der Waals surface area contributed by atoms with Crippen LogP contribution in [0.3, 0.4) is 0 Å². The number of hydrogen-bond acceptors (Lipinski definition) is 8. The Bertz CT molecular complexity index is 1050. The number of rotatable bonds is 5. The Hall–Kier alpha value is -3.88. The standard InChI is InChI=1S/C21H19N3O6/c1-28-13-10-8-12(9-11-13)24-18-16(17(22-24)21(27)30-3)19(25)23(20(18)26)14-6-4-5-7-15(14)29-2/h4-11,16,18H,1-3H3/t16-,18-/m1/s1. The zero-order valence-corrected chi connectivity index (χ0v) is 16.6. The first kappa shape index (κ1) is 19.4. The van der Waals surface area contributed by atoms with Gasteiger partial charge in [-0.2, -0.15) is 5.10 Å². The molecule has 9 heteroatoms. The monoisotopic (exact) mass is 409 g/mol. The molecule has 154 valence electrons. The molecule has 2 aliphatic heterocycles. The van der Waals surface area contributed by atoms with Crippen molar-refractivity contribution in [3.63, 3.8) is 0 Å². The summed E-state index contributed by atoms with van der Waals surface area (Å²) in [6.07, 6.45) is 0. The lowest BCUT2D eigenvalue weighted by Gasteiger charge is -2.23. The summed E-state index contributed by atoms with van der Waals surface area (Å²) in [4.78, 5) is 40.1. The maximum absolute atomic E-state index is 13.4. The molecule has 1 saturated heterocycles. The van der Waals surface area contributed by atoms with E-state index in [0.717, 1.165) is 4.90 Å². The van der Waals surface area contributed by atoms with Gasteiger partial charge in [0.15, 0.2) is 5.71 Å². The van der Waals surface area contributed by atoms with Crippen molar-refractivity contribution in [2.24, 2.45) is 11.0 Å². The van der Waals surface area contributed by atoms with Crippen LogP contribution in [0.4, 0.5) is 11.4 Å². The predicted molar refractivity (Wildman–Crippen MR) is 108 cm³/mol. The van der Waals surface area contributed by atoms with Crippen LogP contribution in [0.5, 0.6) is 11.5 Å². The number of para-hydroxylation sites is 2. The molecule has 0 radical (unpaired) electrons. The average molecular weight is 409 g/mol. The molecule has 0 aromatic heterocycles. The Morgan fingerprint density at radius 1 is 0.933 bits per heavy atom. The molecule has 2 heterocycles. The molecule has 2 aromatic rings. The van der Waals surface area contributed by atoms with Crippen LogP contribution >= 0.6 is 0 Å². The molecule has 1 fully saturated rings. The van der Waals surface area contributed by atoms with Gasteiger partial charge in [0.2, 0.25) is 5.91 Å². The van der Waals surface area contributed by atoms with E-state index < -0.39 is 29.7 Å². The number of nitrogens with zero attached hydrogens (tertiary/aromatic N) is 3. The number of amides is 2. The zero-order chi connectivity index (χ0) is 21.4. The van der Waals surface area contributed by atoms with Gasteiger partial charge < -0.3 is 14.2 Å². The molecule has 4 rings (SSSR count). The second-order valence-corrected chi connectivity index (χ2v) is 6.63. The number of benzene rings is 2. The number of esters is 1. The quantitative estimate of drug-likeness (QED) is 0.547. The van der Waals surface area contributed by atoms with Crippen molar-refractivity contribution in [1.82, 2.24) is 0 Å². The van der Waals surface area contributed by atoms with Gasteiger partial charge in [0.25, 0.3) is 5.91 Å². The molecule has 0 unspecified atom stereocenters. The Kier molecular flexibility index (Phi) is 4.86. The van der Waals surface area contributed by atoms with E-state index in [1.54, 1.807) is 55.6 Å². The zero-order valence-electron chi connectivity index (χ0n) is 16.6.